The molecule has 0 fully saturated rings. The van der Waals surface area contributed by atoms with E-state index in [0.717, 1.165) is 10.4 Å². The molecule has 2 nitrogen and oxygen atoms in total. The standard InChI is InChI=1S/C7H11NOS/c1-5(8)7-2-6(3-9)4-10-7/h2,4-5,9H,3,8H2,1H3. The van der Waals surface area contributed by atoms with Gasteiger partial charge in [0.1, 0.15) is 0 Å². The maximum absolute atomic E-state index is 8.70. The van der Waals surface area contributed by atoms with Gasteiger partial charge in [-0.15, -0.1) is 11.3 Å². The van der Waals surface area contributed by atoms with E-state index in [9.17, 15) is 0 Å². The summed E-state index contributed by atoms with van der Waals surface area (Å²) in [6.07, 6.45) is 0. The van der Waals surface area contributed by atoms with Crippen molar-refractivity contribution in [1.82, 2.24) is 0 Å². The van der Waals surface area contributed by atoms with Crippen LogP contribution in [-0.2, 0) is 6.61 Å². The average Bonchev–Trinajstić information content (AvgIpc) is 2.34. The number of nitrogens with two attached hydrogens (primary N) is 1. The fraction of sp³-hybridized carbons (Fsp3) is 0.429. The molecule has 0 amide bonds. The Hall–Kier alpha value is -0.380. The van der Waals surface area contributed by atoms with Gasteiger partial charge in [0.05, 0.1) is 6.61 Å². The van der Waals surface area contributed by atoms with E-state index >= 15 is 0 Å². The normalized spacial score (nSPS) is 13.5. The highest BCUT2D eigenvalue weighted by Gasteiger charge is 2.01. The fourth-order valence-electron chi connectivity index (χ4n) is 0.716. The summed E-state index contributed by atoms with van der Waals surface area (Å²) in [6, 6.07) is 2.03. The predicted molar refractivity (Wildman–Crippen MR) is 42.8 cm³/mol. The van der Waals surface area contributed by atoms with Gasteiger partial charge < -0.3 is 10.8 Å². The van der Waals surface area contributed by atoms with Crippen LogP contribution in [0.25, 0.3) is 0 Å². The smallest absolute Gasteiger partial charge is 0.0690 e. The van der Waals surface area contributed by atoms with E-state index in [1.54, 1.807) is 11.3 Å². The molecule has 0 aromatic carbocycles. The lowest BCUT2D eigenvalue weighted by Crippen LogP contribution is -2.01. The molecular weight excluding hydrogens is 146 g/mol. The minimum absolute atomic E-state index is 0.0882. The Kier molecular flexibility index (Phi) is 2.43. The van der Waals surface area contributed by atoms with Crippen molar-refractivity contribution < 1.29 is 5.11 Å². The molecule has 0 bridgehead atoms. The van der Waals surface area contributed by atoms with Crippen molar-refractivity contribution in [3.63, 3.8) is 0 Å². The van der Waals surface area contributed by atoms with Crippen LogP contribution in [0, 0.1) is 0 Å². The zero-order valence-corrected chi connectivity index (χ0v) is 6.69. The molecule has 3 N–H and O–H groups in total. The second-order valence-corrected chi connectivity index (χ2v) is 3.25. The number of hydrogen-bond donors (Lipinski definition) is 2. The van der Waals surface area contributed by atoms with Crippen molar-refractivity contribution >= 4 is 11.3 Å². The largest absolute Gasteiger partial charge is 0.392 e. The zero-order chi connectivity index (χ0) is 7.56. The van der Waals surface area contributed by atoms with Crippen molar-refractivity contribution in [1.29, 1.82) is 0 Å². The van der Waals surface area contributed by atoms with Gasteiger partial charge in [-0.25, -0.2) is 0 Å². The van der Waals surface area contributed by atoms with E-state index in [1.165, 1.54) is 0 Å². The summed E-state index contributed by atoms with van der Waals surface area (Å²) in [5.41, 5.74) is 6.57. The van der Waals surface area contributed by atoms with Crippen molar-refractivity contribution in [2.24, 2.45) is 5.73 Å². The number of aliphatic hydroxyl groups excluding tert-OH is 1. The molecule has 1 aromatic heterocycles. The summed E-state index contributed by atoms with van der Waals surface area (Å²) in [7, 11) is 0. The molecule has 0 aliphatic carbocycles. The van der Waals surface area contributed by atoms with Gasteiger partial charge in [0.25, 0.3) is 0 Å². The van der Waals surface area contributed by atoms with E-state index < -0.39 is 0 Å². The average molecular weight is 157 g/mol. The van der Waals surface area contributed by atoms with Crippen LogP contribution in [0.5, 0.6) is 0 Å². The van der Waals surface area contributed by atoms with Crippen LogP contribution in [0.1, 0.15) is 23.4 Å². The van der Waals surface area contributed by atoms with Gasteiger partial charge in [0.2, 0.25) is 0 Å². The van der Waals surface area contributed by atoms with Crippen molar-refractivity contribution in [3.05, 3.63) is 21.9 Å². The molecule has 0 saturated carbocycles. The summed E-state index contributed by atoms with van der Waals surface area (Å²) in [5.74, 6) is 0. The number of rotatable bonds is 2. The summed E-state index contributed by atoms with van der Waals surface area (Å²) < 4.78 is 0. The number of thiophene rings is 1. The van der Waals surface area contributed by atoms with Gasteiger partial charge in [-0.1, -0.05) is 0 Å². The number of hydrogen-bond acceptors (Lipinski definition) is 3. The molecule has 0 aliphatic heterocycles. The highest BCUT2D eigenvalue weighted by molar-refractivity contribution is 7.10. The van der Waals surface area contributed by atoms with Crippen LogP contribution in [0.4, 0.5) is 0 Å². The Bertz CT molecular complexity index is 207. The zero-order valence-electron chi connectivity index (χ0n) is 5.87. The Morgan fingerprint density at radius 3 is 2.80 bits per heavy atom. The van der Waals surface area contributed by atoms with Crippen molar-refractivity contribution in [3.8, 4) is 0 Å². The summed E-state index contributed by atoms with van der Waals surface area (Å²) >= 11 is 1.60. The Morgan fingerprint density at radius 1 is 1.80 bits per heavy atom. The molecule has 0 aliphatic rings. The molecule has 1 atom stereocenters. The first-order chi connectivity index (χ1) is 4.74. The third-order valence-electron chi connectivity index (χ3n) is 1.31. The van der Waals surface area contributed by atoms with E-state index in [2.05, 4.69) is 0 Å². The Labute approximate surface area is 64.3 Å². The molecule has 10 heavy (non-hydrogen) atoms. The van der Waals surface area contributed by atoms with Crippen LogP contribution in [0.15, 0.2) is 11.4 Å². The van der Waals surface area contributed by atoms with Crippen molar-refractivity contribution in [2.45, 2.75) is 19.6 Å². The molecule has 1 unspecified atom stereocenters. The highest BCUT2D eigenvalue weighted by atomic mass is 32.1. The maximum Gasteiger partial charge on any atom is 0.0690 e. The van der Waals surface area contributed by atoms with Crippen LogP contribution in [0.3, 0.4) is 0 Å². The van der Waals surface area contributed by atoms with Crippen molar-refractivity contribution in [2.75, 3.05) is 0 Å². The van der Waals surface area contributed by atoms with E-state index in [0.29, 0.717) is 0 Å². The lowest BCUT2D eigenvalue weighted by molar-refractivity contribution is 0.282. The fourth-order valence-corrected chi connectivity index (χ4v) is 1.58. The molecule has 1 aromatic rings. The Morgan fingerprint density at radius 2 is 2.50 bits per heavy atom. The van der Waals surface area contributed by atoms with Crippen LogP contribution in [-0.4, -0.2) is 5.11 Å². The van der Waals surface area contributed by atoms with Gasteiger partial charge >= 0.3 is 0 Å². The van der Waals surface area contributed by atoms with E-state index in [-0.39, 0.29) is 12.6 Å². The first-order valence-corrected chi connectivity index (χ1v) is 4.05. The third kappa shape index (κ3) is 1.56. The van der Waals surface area contributed by atoms with Crippen LogP contribution in [0.2, 0.25) is 0 Å². The van der Waals surface area contributed by atoms with Gasteiger partial charge in [-0.3, -0.25) is 0 Å². The van der Waals surface area contributed by atoms with E-state index in [4.69, 9.17) is 10.8 Å². The molecule has 1 heterocycles. The maximum atomic E-state index is 8.70. The molecule has 3 heteroatoms. The second-order valence-electron chi connectivity index (χ2n) is 2.30. The minimum Gasteiger partial charge on any atom is -0.392 e. The first kappa shape index (κ1) is 7.72. The van der Waals surface area contributed by atoms with Gasteiger partial charge in [-0.05, 0) is 23.9 Å². The quantitative estimate of drug-likeness (QED) is 0.679. The molecule has 1 rings (SSSR count). The molecule has 0 spiro atoms. The SMILES string of the molecule is CC(N)c1cc(CO)cs1. The molecule has 0 radical (unpaired) electrons. The summed E-state index contributed by atoms with van der Waals surface area (Å²) in [6.45, 7) is 2.05. The number of aliphatic hydroxyl groups is 1. The molecular formula is C7H11NOS. The molecule has 0 saturated heterocycles. The minimum atomic E-state index is 0.0882. The van der Waals surface area contributed by atoms with Gasteiger partial charge in [0, 0.05) is 10.9 Å². The summed E-state index contributed by atoms with van der Waals surface area (Å²) in [5, 5.41) is 10.6. The lowest BCUT2D eigenvalue weighted by atomic mass is 10.2. The second kappa shape index (κ2) is 3.14. The van der Waals surface area contributed by atoms with Gasteiger partial charge in [-0.2, -0.15) is 0 Å². The van der Waals surface area contributed by atoms with Crippen LogP contribution < -0.4 is 5.73 Å². The van der Waals surface area contributed by atoms with Crippen LogP contribution >= 0.6 is 11.3 Å². The van der Waals surface area contributed by atoms with Gasteiger partial charge in [0.15, 0.2) is 0 Å². The summed E-state index contributed by atoms with van der Waals surface area (Å²) in [4.78, 5) is 1.13. The third-order valence-corrected chi connectivity index (χ3v) is 2.49. The monoisotopic (exact) mass is 157 g/mol. The van der Waals surface area contributed by atoms with E-state index in [1.807, 2.05) is 18.4 Å². The topological polar surface area (TPSA) is 46.2 Å². The first-order valence-electron chi connectivity index (χ1n) is 3.17. The molecule has 56 valence electrons. The Balaban J connectivity index is 2.78. The highest BCUT2D eigenvalue weighted by Crippen LogP contribution is 2.19. The predicted octanol–water partition coefficient (Wildman–Crippen LogP) is 1.26. The lowest BCUT2D eigenvalue weighted by Gasteiger charge is -1.97.